The van der Waals surface area contributed by atoms with Gasteiger partial charge in [-0.3, -0.25) is 10.2 Å². The highest BCUT2D eigenvalue weighted by Gasteiger charge is 2.28. The number of hydrogen-bond acceptors (Lipinski definition) is 8. The molecule has 0 saturated carbocycles. The molecule has 1 amide bonds. The van der Waals surface area contributed by atoms with Gasteiger partial charge in [-0.25, -0.2) is 13.1 Å². The average molecular weight is 523 g/mol. The minimum Gasteiger partial charge on any atom is -0.490 e. The van der Waals surface area contributed by atoms with Crippen LogP contribution in [0.2, 0.25) is 0 Å². The second-order valence-corrected chi connectivity index (χ2v) is 9.77. The lowest BCUT2D eigenvalue weighted by Crippen LogP contribution is -2.37. The maximum absolute atomic E-state index is 13.5. The Hall–Kier alpha value is -4.35. The molecule has 0 aliphatic heterocycles. The maximum Gasteiger partial charge on any atom is 0.264 e. The fraction of sp³-hybridized carbons (Fsp3) is 0.154. The number of rotatable bonds is 10. The van der Waals surface area contributed by atoms with E-state index in [1.807, 2.05) is 0 Å². The van der Waals surface area contributed by atoms with E-state index in [1.165, 1.54) is 12.1 Å². The molecule has 0 unspecified atom stereocenters. The van der Waals surface area contributed by atoms with Crippen molar-refractivity contribution in [2.24, 2.45) is 5.73 Å². The Balaban J connectivity index is 1.77. The molecular formula is C26H26N4O6S. The topological polar surface area (TPSA) is 168 Å². The largest absolute Gasteiger partial charge is 0.490 e. The van der Waals surface area contributed by atoms with Crippen LogP contribution in [0.25, 0.3) is 11.0 Å². The number of carbonyl (C=O) groups excluding carboxylic acids is 1. The van der Waals surface area contributed by atoms with Crippen molar-refractivity contribution in [2.75, 3.05) is 11.9 Å². The highest BCUT2D eigenvalue weighted by molar-refractivity contribution is 7.90. The first-order valence-electron chi connectivity index (χ1n) is 11.3. The van der Waals surface area contributed by atoms with Gasteiger partial charge in [-0.15, -0.1) is 0 Å². The Morgan fingerprint density at radius 2 is 1.81 bits per heavy atom. The number of fused-ring (bicyclic) bond motifs is 1. The van der Waals surface area contributed by atoms with Crippen molar-refractivity contribution >= 4 is 38.4 Å². The van der Waals surface area contributed by atoms with Crippen LogP contribution in [0, 0.1) is 5.41 Å². The number of sulfonamides is 1. The standard InChI is InChI=1S/C26H26N4O6S/c1-2-35-22-14-17(12-18-13-20(15-31)36-24(18)22)23(29-19-10-8-16(9-11-19)25(27)28)26(32)30-37(33,34)21-6-4-3-5-7-21/h3-14,23,29,31H,2,15H2,1H3,(H3,27,28)(H,30,32)/t23-/m1/s1. The maximum atomic E-state index is 13.5. The van der Waals surface area contributed by atoms with Crippen LogP contribution < -0.4 is 20.5 Å². The number of aliphatic hydroxyl groups is 1. The number of carbonyl (C=O) groups is 1. The van der Waals surface area contributed by atoms with Crippen LogP contribution in [0.3, 0.4) is 0 Å². The van der Waals surface area contributed by atoms with E-state index in [-0.39, 0.29) is 17.3 Å². The summed E-state index contributed by atoms with van der Waals surface area (Å²) in [5.74, 6) is -0.283. The predicted octanol–water partition coefficient (Wildman–Crippen LogP) is 3.27. The van der Waals surface area contributed by atoms with Gasteiger partial charge < -0.3 is 25.3 Å². The number of hydrogen-bond donors (Lipinski definition) is 5. The molecule has 1 heterocycles. The second-order valence-electron chi connectivity index (χ2n) is 8.09. The summed E-state index contributed by atoms with van der Waals surface area (Å²) in [6.45, 7) is 1.78. The molecule has 6 N–H and O–H groups in total. The Labute approximate surface area is 213 Å². The molecule has 4 rings (SSSR count). The summed E-state index contributed by atoms with van der Waals surface area (Å²) >= 11 is 0. The molecule has 11 heteroatoms. The van der Waals surface area contributed by atoms with Gasteiger partial charge in [-0.2, -0.15) is 0 Å². The molecule has 1 aromatic heterocycles. The number of furan rings is 1. The fourth-order valence-corrected chi connectivity index (χ4v) is 4.78. The van der Waals surface area contributed by atoms with E-state index in [0.29, 0.717) is 45.9 Å². The first-order valence-corrected chi connectivity index (χ1v) is 12.8. The zero-order valence-corrected chi connectivity index (χ0v) is 20.7. The third kappa shape index (κ3) is 5.74. The van der Waals surface area contributed by atoms with Crippen molar-refractivity contribution in [1.29, 1.82) is 5.41 Å². The Morgan fingerprint density at radius 1 is 1.11 bits per heavy atom. The summed E-state index contributed by atoms with van der Waals surface area (Å²) in [6, 6.07) is 17.8. The molecule has 10 nitrogen and oxygen atoms in total. The fourth-order valence-electron chi connectivity index (χ4n) is 3.77. The highest BCUT2D eigenvalue weighted by atomic mass is 32.2. The van der Waals surface area contributed by atoms with Crippen LogP contribution in [0.15, 0.2) is 82.1 Å². The molecule has 3 aromatic carbocycles. The normalized spacial score (nSPS) is 12.2. The number of amides is 1. The van der Waals surface area contributed by atoms with E-state index in [2.05, 4.69) is 10.0 Å². The van der Waals surface area contributed by atoms with Gasteiger partial charge >= 0.3 is 0 Å². The number of nitrogen functional groups attached to an aromatic ring is 1. The zero-order valence-electron chi connectivity index (χ0n) is 19.9. The molecule has 0 bridgehead atoms. The third-order valence-electron chi connectivity index (χ3n) is 5.50. The SMILES string of the molecule is CCOc1cc([C@@H](Nc2ccc(C(=N)N)cc2)C(=O)NS(=O)(=O)c2ccccc2)cc2cc(CO)oc12. The summed E-state index contributed by atoms with van der Waals surface area (Å²) in [7, 11) is -4.15. The first kappa shape index (κ1) is 25.7. The number of ether oxygens (including phenoxy) is 1. The summed E-state index contributed by atoms with van der Waals surface area (Å²) in [6.07, 6.45) is 0. The molecule has 0 radical (unpaired) electrons. The number of aliphatic hydroxyl groups excluding tert-OH is 1. The van der Waals surface area contributed by atoms with Crippen molar-refractivity contribution < 1.29 is 27.5 Å². The van der Waals surface area contributed by atoms with Crippen molar-refractivity contribution in [3.63, 3.8) is 0 Å². The zero-order chi connectivity index (χ0) is 26.6. The lowest BCUT2D eigenvalue weighted by atomic mass is 10.0. The quantitative estimate of drug-likeness (QED) is 0.156. The Bertz CT molecular complexity index is 1530. The van der Waals surface area contributed by atoms with Crippen LogP contribution in [0.1, 0.15) is 29.9 Å². The summed E-state index contributed by atoms with van der Waals surface area (Å²) in [5.41, 5.74) is 7.32. The molecule has 0 aliphatic rings. The minimum atomic E-state index is -4.15. The highest BCUT2D eigenvalue weighted by Crippen LogP contribution is 2.34. The number of anilines is 1. The number of amidine groups is 1. The van der Waals surface area contributed by atoms with Crippen LogP contribution in [0.5, 0.6) is 5.75 Å². The second kappa shape index (κ2) is 10.7. The monoisotopic (exact) mass is 522 g/mol. The van der Waals surface area contributed by atoms with Gasteiger partial charge in [0, 0.05) is 16.6 Å². The van der Waals surface area contributed by atoms with Crippen LogP contribution in [-0.4, -0.2) is 31.9 Å². The molecule has 0 fully saturated rings. The number of benzene rings is 3. The smallest absolute Gasteiger partial charge is 0.264 e. The lowest BCUT2D eigenvalue weighted by Gasteiger charge is -2.21. The molecule has 37 heavy (non-hydrogen) atoms. The minimum absolute atomic E-state index is 0.0548. The van der Waals surface area contributed by atoms with Gasteiger partial charge in [-0.05, 0) is 67.1 Å². The van der Waals surface area contributed by atoms with Crippen molar-refractivity contribution in [3.8, 4) is 5.75 Å². The summed E-state index contributed by atoms with van der Waals surface area (Å²) < 4.78 is 39.4. The Kier molecular flexibility index (Phi) is 7.46. The molecule has 0 saturated heterocycles. The molecule has 0 aliphatic carbocycles. The van der Waals surface area contributed by atoms with E-state index in [9.17, 15) is 18.3 Å². The van der Waals surface area contributed by atoms with E-state index < -0.39 is 22.0 Å². The van der Waals surface area contributed by atoms with Crippen molar-refractivity contribution in [1.82, 2.24) is 4.72 Å². The van der Waals surface area contributed by atoms with E-state index in [0.717, 1.165) is 0 Å². The van der Waals surface area contributed by atoms with Gasteiger partial charge in [0.25, 0.3) is 15.9 Å². The Morgan fingerprint density at radius 3 is 2.43 bits per heavy atom. The molecule has 0 spiro atoms. The van der Waals surface area contributed by atoms with Gasteiger partial charge in [0.05, 0.1) is 11.5 Å². The molecule has 4 aromatic rings. The van der Waals surface area contributed by atoms with Gasteiger partial charge in [-0.1, -0.05) is 18.2 Å². The summed E-state index contributed by atoms with van der Waals surface area (Å²) in [5, 5.41) is 20.7. The van der Waals surface area contributed by atoms with Gasteiger partial charge in [0.15, 0.2) is 11.3 Å². The predicted molar refractivity (Wildman–Crippen MR) is 139 cm³/mol. The van der Waals surface area contributed by atoms with Gasteiger partial charge in [0.2, 0.25) is 0 Å². The van der Waals surface area contributed by atoms with Crippen molar-refractivity contribution in [3.05, 3.63) is 89.7 Å². The van der Waals surface area contributed by atoms with E-state index in [4.69, 9.17) is 20.3 Å². The van der Waals surface area contributed by atoms with E-state index in [1.54, 1.807) is 67.6 Å². The van der Waals surface area contributed by atoms with Crippen LogP contribution in [0.4, 0.5) is 5.69 Å². The average Bonchev–Trinajstić information content (AvgIpc) is 3.31. The molecule has 1 atom stereocenters. The van der Waals surface area contributed by atoms with E-state index >= 15 is 0 Å². The molecule has 192 valence electrons. The lowest BCUT2D eigenvalue weighted by molar-refractivity contribution is -0.120. The van der Waals surface area contributed by atoms with Gasteiger partial charge in [0.1, 0.15) is 24.2 Å². The number of nitrogens with one attached hydrogen (secondary N) is 3. The number of nitrogens with two attached hydrogens (primary N) is 1. The first-order chi connectivity index (χ1) is 17.7. The van der Waals surface area contributed by atoms with Crippen molar-refractivity contribution in [2.45, 2.75) is 24.5 Å². The third-order valence-corrected chi connectivity index (χ3v) is 6.86. The van der Waals surface area contributed by atoms with Crippen LogP contribution >= 0.6 is 0 Å². The van der Waals surface area contributed by atoms with Crippen LogP contribution in [-0.2, 0) is 21.4 Å². The molecular weight excluding hydrogens is 496 g/mol. The summed E-state index contributed by atoms with van der Waals surface area (Å²) in [4.78, 5) is 13.4.